The van der Waals surface area contributed by atoms with Crippen molar-refractivity contribution in [1.82, 2.24) is 0 Å². The van der Waals surface area contributed by atoms with Crippen molar-refractivity contribution in [2.75, 3.05) is 13.2 Å². The number of carbonyl (C=O) groups excluding carboxylic acids is 2. The number of esters is 2. The zero-order valence-corrected chi connectivity index (χ0v) is 32.3. The third-order valence-corrected chi connectivity index (χ3v) is 8.77. The number of nitro groups is 1. The third kappa shape index (κ3) is 13.3. The standard InChI is InChI=1S/C46H47N3O8/c1-3-5-7-9-30-54-40-26-22-38(23-27-40)47-32-34-14-18-36(19-15-34)45(50)56-42-12-11-13-43(44(42)49(52)53)57-46(51)37-20-16-35(17-21-37)33-48-39-24-28-41(29-25-39)55-31-10-8-6-4-2/h11-29,32-33H,3-10,30-31H2,1-2H3. The van der Waals surface area contributed by atoms with Crippen molar-refractivity contribution in [3.8, 4) is 23.0 Å². The molecule has 5 aromatic carbocycles. The van der Waals surface area contributed by atoms with Gasteiger partial charge in [-0.05, 0) is 109 Å². The normalized spacial score (nSPS) is 11.1. The van der Waals surface area contributed by atoms with Crippen molar-refractivity contribution in [2.24, 2.45) is 9.98 Å². The minimum absolute atomic E-state index is 0.159. The maximum Gasteiger partial charge on any atom is 0.353 e. The molecule has 0 radical (unpaired) electrons. The second kappa shape index (κ2) is 22.1. The summed E-state index contributed by atoms with van der Waals surface area (Å²) in [5, 5.41) is 12.1. The Kier molecular flexibility index (Phi) is 16.1. The van der Waals surface area contributed by atoms with Gasteiger partial charge in [-0.3, -0.25) is 20.1 Å². The topological polar surface area (TPSA) is 139 Å². The number of hydrogen-bond acceptors (Lipinski definition) is 10. The van der Waals surface area contributed by atoms with E-state index >= 15 is 0 Å². The van der Waals surface area contributed by atoms with Crippen LogP contribution in [0.25, 0.3) is 0 Å². The molecule has 5 rings (SSSR count). The van der Waals surface area contributed by atoms with E-state index in [1.54, 1.807) is 36.7 Å². The molecule has 5 aromatic rings. The van der Waals surface area contributed by atoms with Crippen molar-refractivity contribution in [3.05, 3.63) is 148 Å². The van der Waals surface area contributed by atoms with Crippen LogP contribution < -0.4 is 18.9 Å². The largest absolute Gasteiger partial charge is 0.494 e. The molecule has 0 unspecified atom stereocenters. The molecule has 0 atom stereocenters. The molecule has 0 bridgehead atoms. The van der Waals surface area contributed by atoms with Gasteiger partial charge in [-0.2, -0.15) is 0 Å². The molecule has 0 spiro atoms. The number of aliphatic imine (C=N–C) groups is 2. The molecule has 57 heavy (non-hydrogen) atoms. The van der Waals surface area contributed by atoms with E-state index in [1.165, 1.54) is 68.1 Å². The van der Waals surface area contributed by atoms with Crippen LogP contribution in [0, 0.1) is 10.1 Å². The van der Waals surface area contributed by atoms with Gasteiger partial charge in [-0.25, -0.2) is 9.59 Å². The number of nitro benzene ring substituents is 1. The molecule has 0 aromatic heterocycles. The van der Waals surface area contributed by atoms with Crippen LogP contribution in [0.5, 0.6) is 23.0 Å². The fourth-order valence-corrected chi connectivity index (χ4v) is 5.57. The summed E-state index contributed by atoms with van der Waals surface area (Å²) in [5.74, 6) is -0.798. The van der Waals surface area contributed by atoms with Gasteiger partial charge >= 0.3 is 17.6 Å². The first-order valence-corrected chi connectivity index (χ1v) is 19.3. The lowest BCUT2D eigenvalue weighted by atomic mass is 10.1. The minimum atomic E-state index is -0.824. The molecular weight excluding hydrogens is 723 g/mol. The van der Waals surface area contributed by atoms with Crippen molar-refractivity contribution < 1.29 is 33.5 Å². The molecule has 0 saturated heterocycles. The molecule has 0 aliphatic heterocycles. The van der Waals surface area contributed by atoms with Crippen molar-refractivity contribution in [3.63, 3.8) is 0 Å². The summed E-state index contributed by atoms with van der Waals surface area (Å²) in [6.45, 7) is 5.72. The third-order valence-electron chi connectivity index (χ3n) is 8.77. The SMILES string of the molecule is CCCCCCOc1ccc(N=Cc2ccc(C(=O)Oc3cccc(OC(=O)c4ccc(C=Nc5ccc(OCCCCCC)cc5)cc4)c3[N+](=O)[O-])cc2)cc1. The summed E-state index contributed by atoms with van der Waals surface area (Å²) in [6, 6.07) is 31.8. The Balaban J connectivity index is 1.14. The van der Waals surface area contributed by atoms with Gasteiger partial charge in [0.2, 0.25) is 11.5 Å². The number of nitrogens with zero attached hydrogens (tertiary/aromatic N) is 3. The van der Waals surface area contributed by atoms with Crippen molar-refractivity contribution in [2.45, 2.75) is 65.2 Å². The van der Waals surface area contributed by atoms with Crippen LogP contribution >= 0.6 is 0 Å². The lowest BCUT2D eigenvalue weighted by Gasteiger charge is -2.09. The monoisotopic (exact) mass is 769 g/mol. The van der Waals surface area contributed by atoms with Crippen LogP contribution in [0.1, 0.15) is 97.1 Å². The predicted molar refractivity (Wildman–Crippen MR) is 223 cm³/mol. The van der Waals surface area contributed by atoms with Gasteiger partial charge in [0, 0.05) is 12.4 Å². The van der Waals surface area contributed by atoms with Crippen LogP contribution in [-0.2, 0) is 0 Å². The van der Waals surface area contributed by atoms with E-state index in [0.717, 1.165) is 59.7 Å². The molecule has 0 aliphatic rings. The second-order valence-corrected chi connectivity index (χ2v) is 13.2. The fourth-order valence-electron chi connectivity index (χ4n) is 5.57. The quantitative estimate of drug-likeness (QED) is 0.0179. The summed E-state index contributed by atoms with van der Waals surface area (Å²) >= 11 is 0. The Hall–Kier alpha value is -6.62. The van der Waals surface area contributed by atoms with E-state index in [2.05, 4.69) is 23.8 Å². The highest BCUT2D eigenvalue weighted by atomic mass is 16.6. The maximum atomic E-state index is 13.0. The Morgan fingerprint density at radius 1 is 0.561 bits per heavy atom. The number of carbonyl (C=O) groups is 2. The van der Waals surface area contributed by atoms with Crippen LogP contribution in [0.2, 0.25) is 0 Å². The van der Waals surface area contributed by atoms with Crippen LogP contribution in [0.3, 0.4) is 0 Å². The number of para-hydroxylation sites is 1. The molecule has 0 fully saturated rings. The van der Waals surface area contributed by atoms with Gasteiger partial charge in [0.15, 0.2) is 0 Å². The van der Waals surface area contributed by atoms with Gasteiger partial charge < -0.3 is 18.9 Å². The average Bonchev–Trinajstić information content (AvgIpc) is 3.23. The van der Waals surface area contributed by atoms with Crippen LogP contribution in [-0.4, -0.2) is 42.5 Å². The highest BCUT2D eigenvalue weighted by molar-refractivity contribution is 5.94. The van der Waals surface area contributed by atoms with E-state index in [4.69, 9.17) is 18.9 Å². The molecule has 11 heteroatoms. The van der Waals surface area contributed by atoms with Crippen LogP contribution in [0.15, 0.2) is 125 Å². The summed E-state index contributed by atoms with van der Waals surface area (Å²) in [7, 11) is 0. The number of unbranched alkanes of at least 4 members (excludes halogenated alkanes) is 6. The molecule has 11 nitrogen and oxygen atoms in total. The Morgan fingerprint density at radius 2 is 0.965 bits per heavy atom. The van der Waals surface area contributed by atoms with Gasteiger partial charge in [0.25, 0.3) is 0 Å². The van der Waals surface area contributed by atoms with Gasteiger partial charge in [0.1, 0.15) is 11.5 Å². The molecule has 0 heterocycles. The Labute approximate surface area is 333 Å². The van der Waals surface area contributed by atoms with E-state index in [9.17, 15) is 19.7 Å². The first-order valence-electron chi connectivity index (χ1n) is 19.3. The number of rotatable bonds is 21. The van der Waals surface area contributed by atoms with E-state index in [1.807, 2.05) is 48.5 Å². The van der Waals surface area contributed by atoms with Crippen molar-refractivity contribution in [1.29, 1.82) is 0 Å². The van der Waals surface area contributed by atoms with E-state index in [-0.39, 0.29) is 22.6 Å². The van der Waals surface area contributed by atoms with E-state index < -0.39 is 22.5 Å². The Bertz CT molecular complexity index is 1970. The second-order valence-electron chi connectivity index (χ2n) is 13.2. The summed E-state index contributed by atoms with van der Waals surface area (Å²) < 4.78 is 22.4. The minimum Gasteiger partial charge on any atom is -0.494 e. The maximum absolute atomic E-state index is 13.0. The highest BCUT2D eigenvalue weighted by Gasteiger charge is 2.27. The van der Waals surface area contributed by atoms with Gasteiger partial charge in [-0.15, -0.1) is 0 Å². The summed E-state index contributed by atoms with van der Waals surface area (Å²) in [5.41, 5.74) is 2.59. The molecule has 0 aliphatic carbocycles. The van der Waals surface area contributed by atoms with Gasteiger partial charge in [-0.1, -0.05) is 82.7 Å². The Morgan fingerprint density at radius 3 is 1.33 bits per heavy atom. The highest BCUT2D eigenvalue weighted by Crippen LogP contribution is 2.37. The molecule has 0 amide bonds. The first kappa shape index (κ1) is 41.5. The first-order chi connectivity index (χ1) is 27.8. The molecule has 0 saturated carbocycles. The molecular formula is C46H47N3O8. The summed E-state index contributed by atoms with van der Waals surface area (Å²) in [4.78, 5) is 46.4. The average molecular weight is 770 g/mol. The van der Waals surface area contributed by atoms with Crippen LogP contribution in [0.4, 0.5) is 17.1 Å². The zero-order chi connectivity index (χ0) is 40.2. The van der Waals surface area contributed by atoms with E-state index in [0.29, 0.717) is 13.2 Å². The lowest BCUT2D eigenvalue weighted by Crippen LogP contribution is -2.12. The zero-order valence-electron chi connectivity index (χ0n) is 32.3. The summed E-state index contributed by atoms with van der Waals surface area (Å²) in [6.07, 6.45) is 12.5. The fraction of sp³-hybridized carbons (Fsp3) is 0.261. The number of hydrogen-bond donors (Lipinski definition) is 0. The predicted octanol–water partition coefficient (Wildman–Crippen LogP) is 11.5. The number of benzene rings is 5. The molecule has 294 valence electrons. The van der Waals surface area contributed by atoms with Crippen molar-refractivity contribution >= 4 is 41.4 Å². The van der Waals surface area contributed by atoms with Gasteiger partial charge in [0.05, 0.1) is 40.6 Å². The number of ether oxygens (including phenoxy) is 4. The molecule has 0 N–H and O–H groups in total. The lowest BCUT2D eigenvalue weighted by molar-refractivity contribution is -0.386. The smallest absolute Gasteiger partial charge is 0.353 e.